The maximum atomic E-state index is 14.3. The number of pyridine rings is 1. The Morgan fingerprint density at radius 2 is 1.90 bits per heavy atom. The summed E-state index contributed by atoms with van der Waals surface area (Å²) in [6.45, 7) is 10.7. The van der Waals surface area contributed by atoms with Gasteiger partial charge in [0.25, 0.3) is 11.5 Å². The second-order valence-electron chi connectivity index (χ2n) is 10.7. The molecule has 222 valence electrons. The third-order valence-corrected chi connectivity index (χ3v) is 7.79. The Kier molecular flexibility index (Phi) is 9.96. The first-order valence-electron chi connectivity index (χ1n) is 14.3. The molecule has 8 nitrogen and oxygen atoms in total. The van der Waals surface area contributed by atoms with E-state index in [0.717, 1.165) is 54.3 Å². The fourth-order valence-electron chi connectivity index (χ4n) is 5.52. The molecule has 4 rings (SSSR count). The van der Waals surface area contributed by atoms with Gasteiger partial charge in [0.2, 0.25) is 5.91 Å². The molecular formula is C33H39FN4O4. The topological polar surface area (TPSA) is 104 Å². The van der Waals surface area contributed by atoms with E-state index < -0.39 is 11.7 Å². The minimum Gasteiger partial charge on any atom is -0.381 e. The van der Waals surface area contributed by atoms with Gasteiger partial charge in [-0.05, 0) is 92.3 Å². The molecule has 9 heteroatoms. The number of amides is 2. The molecule has 1 fully saturated rings. The number of nitrogens with one attached hydrogen (secondary N) is 3. The first kappa shape index (κ1) is 30.7. The first-order valence-corrected chi connectivity index (χ1v) is 14.3. The van der Waals surface area contributed by atoms with E-state index in [0.29, 0.717) is 35.5 Å². The van der Waals surface area contributed by atoms with Crippen LogP contribution in [0.15, 0.2) is 53.8 Å². The van der Waals surface area contributed by atoms with Crippen LogP contribution >= 0.6 is 0 Å². The quantitative estimate of drug-likeness (QED) is 0.281. The largest absolute Gasteiger partial charge is 0.381 e. The van der Waals surface area contributed by atoms with Crippen molar-refractivity contribution in [2.75, 3.05) is 30.5 Å². The van der Waals surface area contributed by atoms with E-state index in [1.807, 2.05) is 40.0 Å². The Balaban J connectivity index is 1.78. The van der Waals surface area contributed by atoms with Crippen LogP contribution < -0.4 is 21.1 Å². The minimum atomic E-state index is -0.506. The maximum Gasteiger partial charge on any atom is 0.253 e. The summed E-state index contributed by atoms with van der Waals surface area (Å²) < 4.78 is 19.8. The molecular weight excluding hydrogens is 535 g/mol. The molecule has 0 atom stereocenters. The molecule has 0 aliphatic carbocycles. The van der Waals surface area contributed by atoms with Gasteiger partial charge in [-0.3, -0.25) is 14.4 Å². The van der Waals surface area contributed by atoms with Crippen molar-refractivity contribution in [2.24, 2.45) is 0 Å². The number of H-pyrrole nitrogens is 1. The Bertz CT molecular complexity index is 1540. The molecule has 3 N–H and O–H groups in total. The number of rotatable bonds is 10. The molecule has 0 unspecified atom stereocenters. The molecule has 0 saturated carbocycles. The highest BCUT2D eigenvalue weighted by molar-refractivity contribution is 6.03. The average molecular weight is 575 g/mol. The smallest absolute Gasteiger partial charge is 0.253 e. The van der Waals surface area contributed by atoms with Crippen LogP contribution in [-0.4, -0.2) is 43.1 Å². The molecule has 42 heavy (non-hydrogen) atoms. The SMILES string of the molecule is C=CC(=O)Nc1cc(F)ccc1-c1cc(C(=O)NCc2c(CCC)cc(C)[nH]c2=O)c(C)c(N(C)C2CCOCC2)c1. The van der Waals surface area contributed by atoms with Gasteiger partial charge in [0.15, 0.2) is 0 Å². The summed E-state index contributed by atoms with van der Waals surface area (Å²) in [5.41, 5.74) is 5.53. The lowest BCUT2D eigenvalue weighted by atomic mass is 9.94. The zero-order valence-corrected chi connectivity index (χ0v) is 24.7. The van der Waals surface area contributed by atoms with E-state index in [-0.39, 0.29) is 29.7 Å². The third-order valence-electron chi connectivity index (χ3n) is 7.79. The standard InChI is InChI=1S/C33H39FN4O4/c1-6-8-22-15-20(3)36-33(41)28(22)19-35-32(40)27-16-23(26-10-9-24(34)18-29(26)37-31(39)7-2)17-30(21(27)4)38(5)25-11-13-42-14-12-25/h7,9-10,15-18,25H,2,6,8,11-14,19H2,1,3-5H3,(H,35,40)(H,36,41)(H,37,39). The number of benzene rings is 2. The summed E-state index contributed by atoms with van der Waals surface area (Å²) in [5.74, 6) is -1.32. The van der Waals surface area contributed by atoms with Gasteiger partial charge in [-0.15, -0.1) is 0 Å². The van der Waals surface area contributed by atoms with Gasteiger partial charge < -0.3 is 25.3 Å². The molecule has 1 aliphatic rings. The van der Waals surface area contributed by atoms with Crippen molar-refractivity contribution < 1.29 is 18.7 Å². The van der Waals surface area contributed by atoms with Crippen LogP contribution in [-0.2, 0) is 22.5 Å². The molecule has 2 aromatic carbocycles. The molecule has 0 spiro atoms. The van der Waals surface area contributed by atoms with Crippen LogP contribution in [0.25, 0.3) is 11.1 Å². The van der Waals surface area contributed by atoms with Gasteiger partial charge in [-0.25, -0.2) is 4.39 Å². The Morgan fingerprint density at radius 3 is 2.60 bits per heavy atom. The fourth-order valence-corrected chi connectivity index (χ4v) is 5.52. The van der Waals surface area contributed by atoms with Crippen molar-refractivity contribution in [1.29, 1.82) is 0 Å². The van der Waals surface area contributed by atoms with Gasteiger partial charge >= 0.3 is 0 Å². The lowest BCUT2D eigenvalue weighted by Crippen LogP contribution is -2.37. The molecule has 2 heterocycles. The Morgan fingerprint density at radius 1 is 1.17 bits per heavy atom. The van der Waals surface area contributed by atoms with Crippen molar-refractivity contribution in [3.05, 3.63) is 93.2 Å². The number of anilines is 2. The van der Waals surface area contributed by atoms with Crippen LogP contribution in [0, 0.1) is 19.7 Å². The number of aryl methyl sites for hydroxylation is 2. The number of hydrogen-bond donors (Lipinski definition) is 3. The van der Waals surface area contributed by atoms with Gasteiger partial charge in [0.1, 0.15) is 5.82 Å². The van der Waals surface area contributed by atoms with Crippen molar-refractivity contribution >= 4 is 23.2 Å². The molecule has 2 amide bonds. The van der Waals surface area contributed by atoms with Gasteiger partial charge in [-0.2, -0.15) is 0 Å². The fraction of sp³-hybridized carbons (Fsp3) is 0.364. The number of aromatic nitrogens is 1. The number of aromatic amines is 1. The summed E-state index contributed by atoms with van der Waals surface area (Å²) >= 11 is 0. The van der Waals surface area contributed by atoms with Gasteiger partial charge in [0.05, 0.1) is 5.69 Å². The Labute approximate surface area is 246 Å². The third kappa shape index (κ3) is 6.97. The zero-order chi connectivity index (χ0) is 30.4. The number of carbonyl (C=O) groups excluding carboxylic acids is 2. The highest BCUT2D eigenvalue weighted by Crippen LogP contribution is 2.36. The molecule has 0 bridgehead atoms. The second-order valence-corrected chi connectivity index (χ2v) is 10.7. The summed E-state index contributed by atoms with van der Waals surface area (Å²) in [5, 5.41) is 5.65. The van der Waals surface area contributed by atoms with Crippen LogP contribution in [0.3, 0.4) is 0 Å². The van der Waals surface area contributed by atoms with Crippen LogP contribution in [0.2, 0.25) is 0 Å². The van der Waals surface area contributed by atoms with Gasteiger partial charge in [0, 0.05) is 60.9 Å². The van der Waals surface area contributed by atoms with E-state index in [9.17, 15) is 18.8 Å². The van der Waals surface area contributed by atoms with E-state index >= 15 is 0 Å². The van der Waals surface area contributed by atoms with Crippen molar-refractivity contribution in [2.45, 2.75) is 59.0 Å². The lowest BCUT2D eigenvalue weighted by Gasteiger charge is -2.34. The Hall–Kier alpha value is -4.24. The van der Waals surface area contributed by atoms with Crippen molar-refractivity contribution in [3.63, 3.8) is 0 Å². The summed E-state index contributed by atoms with van der Waals surface area (Å²) in [7, 11) is 2.00. The molecule has 3 aromatic rings. The molecule has 1 aliphatic heterocycles. The van der Waals surface area contributed by atoms with Crippen molar-refractivity contribution in [1.82, 2.24) is 10.3 Å². The predicted molar refractivity (Wildman–Crippen MR) is 165 cm³/mol. The second kappa shape index (κ2) is 13.6. The monoisotopic (exact) mass is 574 g/mol. The number of halogens is 1. The van der Waals surface area contributed by atoms with Crippen molar-refractivity contribution in [3.8, 4) is 11.1 Å². The molecule has 1 aromatic heterocycles. The molecule has 0 radical (unpaired) electrons. The maximum absolute atomic E-state index is 14.3. The number of nitrogens with zero attached hydrogens (tertiary/aromatic N) is 1. The number of ether oxygens (including phenoxy) is 1. The normalized spacial score (nSPS) is 13.5. The van der Waals surface area contributed by atoms with Crippen LogP contribution in [0.1, 0.15) is 58.9 Å². The first-order chi connectivity index (χ1) is 20.1. The number of hydrogen-bond acceptors (Lipinski definition) is 5. The minimum absolute atomic E-state index is 0.0791. The summed E-state index contributed by atoms with van der Waals surface area (Å²) in [4.78, 5) is 43.7. The van der Waals surface area contributed by atoms with E-state index in [4.69, 9.17) is 4.74 Å². The summed E-state index contributed by atoms with van der Waals surface area (Å²) in [6.07, 6.45) is 4.40. The predicted octanol–water partition coefficient (Wildman–Crippen LogP) is 5.42. The van der Waals surface area contributed by atoms with Gasteiger partial charge in [-0.1, -0.05) is 19.9 Å². The highest BCUT2D eigenvalue weighted by atomic mass is 19.1. The lowest BCUT2D eigenvalue weighted by molar-refractivity contribution is -0.111. The van der Waals surface area contributed by atoms with Crippen LogP contribution in [0.5, 0.6) is 0 Å². The summed E-state index contributed by atoms with van der Waals surface area (Å²) in [6, 6.07) is 10.0. The van der Waals surface area contributed by atoms with E-state index in [1.54, 1.807) is 12.1 Å². The van der Waals surface area contributed by atoms with Crippen LogP contribution in [0.4, 0.5) is 15.8 Å². The van der Waals surface area contributed by atoms with E-state index in [1.165, 1.54) is 12.1 Å². The highest BCUT2D eigenvalue weighted by Gasteiger charge is 2.24. The average Bonchev–Trinajstić information content (AvgIpc) is 2.97. The molecule has 1 saturated heterocycles. The number of carbonyl (C=O) groups is 2. The van der Waals surface area contributed by atoms with E-state index in [2.05, 4.69) is 27.1 Å². The zero-order valence-electron chi connectivity index (χ0n) is 24.7.